The molecule has 0 aromatic carbocycles. The monoisotopic (exact) mass is 1630 g/mol. The summed E-state index contributed by atoms with van der Waals surface area (Å²) in [6.07, 6.45) is 51.5. The van der Waals surface area contributed by atoms with Crippen molar-refractivity contribution in [1.29, 1.82) is 0 Å². The molecule has 1 aliphatic carbocycles. The lowest BCUT2D eigenvalue weighted by molar-refractivity contribution is -0.161. The first-order chi connectivity index (χ1) is 55.1. The van der Waals surface area contributed by atoms with Crippen LogP contribution in [0.4, 0.5) is 0 Å². The third-order valence-electron chi connectivity index (χ3n) is 19.0. The molecule has 2 unspecified atom stereocenters. The van der Waals surface area contributed by atoms with Crippen LogP contribution in [0.25, 0.3) is 0 Å². The van der Waals surface area contributed by atoms with Crippen LogP contribution in [-0.4, -0.2) is 226 Å². The van der Waals surface area contributed by atoms with Gasteiger partial charge in [0.2, 0.25) is 11.8 Å². The lowest BCUT2D eigenvalue weighted by Gasteiger charge is -2.32. The second-order valence-corrected chi connectivity index (χ2v) is 31.4. The molecule has 24 nitrogen and oxygen atoms in total. The van der Waals surface area contributed by atoms with Crippen molar-refractivity contribution in [3.63, 3.8) is 0 Å². The molecule has 0 saturated carbocycles. The maximum atomic E-state index is 12.9. The smallest absolute Gasteiger partial charge is 0.462 e. The summed E-state index contributed by atoms with van der Waals surface area (Å²) in [7, 11) is -4.63. The molecule has 0 bridgehead atoms. The molecule has 1 rings (SSSR count). The second kappa shape index (κ2) is 80.6. The van der Waals surface area contributed by atoms with E-state index in [2.05, 4.69) is 70.4 Å². The number of allylic oxidation sites excluding steroid dienone is 9. The van der Waals surface area contributed by atoms with Crippen molar-refractivity contribution in [2.45, 2.75) is 286 Å². The lowest BCUT2D eigenvalue weighted by Crippen LogP contribution is -2.30. The van der Waals surface area contributed by atoms with Gasteiger partial charge in [-0.3, -0.25) is 28.2 Å². The standard InChI is InChI=1S/C88H161N2O22P/c1-8-10-12-14-16-18-20-22-24-26-28-30-32-34-36-43-86(93)109-77-82(112-87(94)44-37-35-33-31-29-27-25-23-21-19-17-15-13-11-9-2)78-111-113(95,96)110-53-50-89-84(91)47-51-97-54-56-99-58-60-101-62-64-103-66-68-105-70-72-107-74-75-108-73-71-106-69-67-104-65-63-102-61-59-100-57-55-98-52-49-90-85(92)76-80(4)41-38-40-79(3)45-46-83-81(5)42-39-48-88(83,6)7/h38,40-41,45-46,76,82H,8-37,39,42-44,47-75,77-78H2,1-7H3,(H,89,91)(H,90,92)(H,95,96). The van der Waals surface area contributed by atoms with Crippen molar-refractivity contribution in [2.75, 3.05) is 191 Å². The Labute approximate surface area is 684 Å². The van der Waals surface area contributed by atoms with Gasteiger partial charge in [-0.1, -0.05) is 249 Å². The largest absolute Gasteiger partial charge is 0.472 e. The highest BCUT2D eigenvalue weighted by Gasteiger charge is 2.28. The summed E-state index contributed by atoms with van der Waals surface area (Å²) in [6.45, 7) is 24.5. The Morgan fingerprint density at radius 3 is 1.17 bits per heavy atom. The van der Waals surface area contributed by atoms with E-state index in [1.807, 2.05) is 19.1 Å². The van der Waals surface area contributed by atoms with Crippen molar-refractivity contribution in [3.05, 3.63) is 58.7 Å². The molecule has 0 aromatic rings. The molecule has 2 atom stereocenters. The number of phosphoric ester groups is 1. The van der Waals surface area contributed by atoms with Gasteiger partial charge in [-0.05, 0) is 69.4 Å². The quantitative estimate of drug-likeness (QED) is 0.0168. The maximum absolute atomic E-state index is 12.9. The van der Waals surface area contributed by atoms with E-state index in [1.165, 1.54) is 172 Å². The van der Waals surface area contributed by atoms with E-state index >= 15 is 0 Å². The van der Waals surface area contributed by atoms with Gasteiger partial charge in [-0.2, -0.15) is 0 Å². The van der Waals surface area contributed by atoms with E-state index in [9.17, 15) is 28.6 Å². The van der Waals surface area contributed by atoms with E-state index in [1.54, 1.807) is 6.08 Å². The van der Waals surface area contributed by atoms with Gasteiger partial charge < -0.3 is 81.8 Å². The number of carbonyl (C=O) groups is 4. The van der Waals surface area contributed by atoms with Crippen LogP contribution in [0.15, 0.2) is 58.7 Å². The summed E-state index contributed by atoms with van der Waals surface area (Å²) in [6, 6.07) is 0. The average Bonchev–Trinajstić information content (AvgIpc) is 0.822. The average molecular weight is 1630 g/mol. The molecule has 0 spiro atoms. The molecular weight excluding hydrogens is 1470 g/mol. The zero-order chi connectivity index (χ0) is 82.1. The molecule has 3 N–H and O–H groups in total. The maximum Gasteiger partial charge on any atom is 0.472 e. The van der Waals surface area contributed by atoms with Crippen LogP contribution in [0.5, 0.6) is 0 Å². The summed E-state index contributed by atoms with van der Waals surface area (Å²) >= 11 is 0. The Morgan fingerprint density at radius 1 is 0.425 bits per heavy atom. The summed E-state index contributed by atoms with van der Waals surface area (Å²) in [5.74, 6) is -1.40. The SMILES string of the molecule is CCCCCCCCCCCCCCCCCC(=O)OCC(COP(=O)(O)OCCNC(=O)CCOCCOCCOCCOCCOCCOCCOCCOCCOCCOCCOCCOCCNC(=O)C=C(C)C=CC=C(C)C=CC1=C(C)CCCC1(C)C)OC(=O)CCCCCCCCCCCCCCCCC. The van der Waals surface area contributed by atoms with Crippen LogP contribution >= 0.6 is 7.82 Å². The Kier molecular flexibility index (Phi) is 76.5. The summed E-state index contributed by atoms with van der Waals surface area (Å²) in [4.78, 5) is 60.8. The van der Waals surface area contributed by atoms with Gasteiger partial charge >= 0.3 is 19.8 Å². The van der Waals surface area contributed by atoms with Gasteiger partial charge in [0.25, 0.3) is 0 Å². The molecular formula is C88H161N2O22P. The van der Waals surface area contributed by atoms with Gasteiger partial charge in [0.15, 0.2) is 6.10 Å². The summed E-state index contributed by atoms with van der Waals surface area (Å²) < 4.78 is 101. The topological polar surface area (TPSA) is 277 Å². The molecule has 660 valence electrons. The second-order valence-electron chi connectivity index (χ2n) is 30.0. The number of ether oxygens (including phenoxy) is 14. The van der Waals surface area contributed by atoms with Crippen LogP contribution in [0.1, 0.15) is 280 Å². The highest BCUT2D eigenvalue weighted by Crippen LogP contribution is 2.43. The van der Waals surface area contributed by atoms with Crippen molar-refractivity contribution in [3.8, 4) is 0 Å². The van der Waals surface area contributed by atoms with E-state index in [-0.39, 0.29) is 69.5 Å². The van der Waals surface area contributed by atoms with Gasteiger partial charge in [0.1, 0.15) is 6.61 Å². The lowest BCUT2D eigenvalue weighted by atomic mass is 9.72. The number of hydrogen-bond donors (Lipinski definition) is 3. The van der Waals surface area contributed by atoms with E-state index in [4.69, 9.17) is 75.4 Å². The number of nitrogens with one attached hydrogen (secondary N) is 2. The van der Waals surface area contributed by atoms with Crippen molar-refractivity contribution in [2.24, 2.45) is 5.41 Å². The molecule has 0 radical (unpaired) electrons. The number of esters is 2. The normalized spacial score (nSPS) is 14.2. The minimum atomic E-state index is -4.63. The van der Waals surface area contributed by atoms with Crippen LogP contribution in [0, 0.1) is 5.41 Å². The molecule has 0 saturated heterocycles. The first kappa shape index (κ1) is 107. The third-order valence-corrected chi connectivity index (χ3v) is 20.0. The minimum absolute atomic E-state index is 0.0600. The van der Waals surface area contributed by atoms with Crippen molar-refractivity contribution < 1.29 is 104 Å². The van der Waals surface area contributed by atoms with Crippen LogP contribution < -0.4 is 10.6 Å². The van der Waals surface area contributed by atoms with Crippen LogP contribution in [0.2, 0.25) is 0 Å². The molecule has 0 aromatic heterocycles. The highest BCUT2D eigenvalue weighted by atomic mass is 31.2. The number of rotatable bonds is 86. The zero-order valence-corrected chi connectivity index (χ0v) is 72.9. The molecule has 2 amide bonds. The fourth-order valence-corrected chi connectivity index (χ4v) is 13.2. The first-order valence-electron chi connectivity index (χ1n) is 43.9. The fourth-order valence-electron chi connectivity index (χ4n) is 12.4. The number of phosphoric acid groups is 1. The van der Waals surface area contributed by atoms with Gasteiger partial charge in [-0.15, -0.1) is 0 Å². The van der Waals surface area contributed by atoms with Crippen molar-refractivity contribution >= 4 is 31.6 Å². The Balaban J connectivity index is 2.00. The number of carbonyl (C=O) groups excluding carboxylic acids is 4. The molecule has 0 fully saturated rings. The van der Waals surface area contributed by atoms with Gasteiger partial charge in [0.05, 0.1) is 172 Å². The zero-order valence-electron chi connectivity index (χ0n) is 72.0. The number of hydrogen-bond acceptors (Lipinski definition) is 21. The highest BCUT2D eigenvalue weighted by molar-refractivity contribution is 7.47. The third kappa shape index (κ3) is 75.4. The number of amides is 2. The van der Waals surface area contributed by atoms with E-state index < -0.39 is 32.5 Å². The Bertz CT molecular complexity index is 2440. The molecule has 113 heavy (non-hydrogen) atoms. The number of unbranched alkanes of at least 4 members (excludes halogenated alkanes) is 28. The molecule has 1 aliphatic rings. The molecule has 0 aliphatic heterocycles. The van der Waals surface area contributed by atoms with E-state index in [0.29, 0.717) is 165 Å². The molecule has 0 heterocycles. The predicted molar refractivity (Wildman–Crippen MR) is 448 cm³/mol. The van der Waals surface area contributed by atoms with Crippen molar-refractivity contribution in [1.82, 2.24) is 10.6 Å². The summed E-state index contributed by atoms with van der Waals surface area (Å²) in [5.41, 5.74) is 5.18. The van der Waals surface area contributed by atoms with Crippen LogP contribution in [0.3, 0.4) is 0 Å². The minimum Gasteiger partial charge on any atom is -0.462 e. The Hall–Kier alpha value is -3.79. The van der Waals surface area contributed by atoms with Gasteiger partial charge in [0, 0.05) is 38.4 Å². The molecule has 25 heteroatoms. The predicted octanol–water partition coefficient (Wildman–Crippen LogP) is 17.5. The first-order valence-corrected chi connectivity index (χ1v) is 45.4. The van der Waals surface area contributed by atoms with Crippen LogP contribution in [-0.2, 0) is 99.1 Å². The summed E-state index contributed by atoms with van der Waals surface area (Å²) in [5, 5.41) is 5.47. The fraction of sp³-hybridized carbons (Fsp3) is 0.841. The Morgan fingerprint density at radius 2 is 0.779 bits per heavy atom. The van der Waals surface area contributed by atoms with E-state index in [0.717, 1.165) is 49.7 Å². The van der Waals surface area contributed by atoms with Gasteiger partial charge in [-0.25, -0.2) is 4.57 Å².